The van der Waals surface area contributed by atoms with E-state index in [1.54, 1.807) is 6.07 Å². The van der Waals surface area contributed by atoms with Crippen molar-refractivity contribution in [1.29, 1.82) is 0 Å². The lowest BCUT2D eigenvalue weighted by atomic mass is 10.2. The number of pyridine rings is 1. The molecule has 16 heavy (non-hydrogen) atoms. The number of nitrogens with two attached hydrogens (primary N) is 1. The summed E-state index contributed by atoms with van der Waals surface area (Å²) in [6, 6.07) is 11.4. The van der Waals surface area contributed by atoms with E-state index in [0.29, 0.717) is 18.6 Å². The molecule has 0 saturated heterocycles. The van der Waals surface area contributed by atoms with E-state index >= 15 is 0 Å². The molecule has 1 heterocycles. The second-order valence-corrected chi connectivity index (χ2v) is 3.59. The van der Waals surface area contributed by atoms with Crippen LogP contribution in [0.1, 0.15) is 6.42 Å². The van der Waals surface area contributed by atoms with Crippen molar-refractivity contribution in [3.63, 3.8) is 0 Å². The third-order valence-corrected chi connectivity index (χ3v) is 2.43. The van der Waals surface area contributed by atoms with Gasteiger partial charge in [0.15, 0.2) is 5.49 Å². The number of para-hydroxylation sites is 1. The molecule has 0 aliphatic heterocycles. The van der Waals surface area contributed by atoms with Gasteiger partial charge in [-0.15, -0.1) is 0 Å². The van der Waals surface area contributed by atoms with Crippen molar-refractivity contribution in [2.24, 2.45) is 10.7 Å². The standard InChI is InChI=1S/C12H15N3O/c13-8-3-9-14-12-7-6-10-4-1-2-5-11(10)15(12)16/h1-2,4-7,16H,3,8-9,13H2. The van der Waals surface area contributed by atoms with Gasteiger partial charge < -0.3 is 10.9 Å². The number of hydrogen-bond donors (Lipinski definition) is 2. The van der Waals surface area contributed by atoms with Crippen LogP contribution in [0.4, 0.5) is 0 Å². The maximum Gasteiger partial charge on any atom is 0.164 e. The smallest absolute Gasteiger partial charge is 0.164 e. The molecule has 0 aliphatic rings. The van der Waals surface area contributed by atoms with Gasteiger partial charge in [0.1, 0.15) is 0 Å². The second-order valence-electron chi connectivity index (χ2n) is 3.59. The fourth-order valence-electron chi connectivity index (χ4n) is 1.58. The van der Waals surface area contributed by atoms with Crippen LogP contribution in [-0.4, -0.2) is 23.0 Å². The molecule has 0 atom stereocenters. The van der Waals surface area contributed by atoms with Crippen LogP contribution in [0.2, 0.25) is 0 Å². The van der Waals surface area contributed by atoms with Crippen molar-refractivity contribution in [3.8, 4) is 0 Å². The third-order valence-electron chi connectivity index (χ3n) is 2.43. The van der Waals surface area contributed by atoms with Gasteiger partial charge in [0.25, 0.3) is 0 Å². The summed E-state index contributed by atoms with van der Waals surface area (Å²) in [5.74, 6) is 0. The molecule has 4 heteroatoms. The Balaban J connectivity index is 2.48. The molecule has 1 aromatic heterocycles. The van der Waals surface area contributed by atoms with E-state index in [4.69, 9.17) is 5.73 Å². The van der Waals surface area contributed by atoms with Crippen LogP contribution in [-0.2, 0) is 0 Å². The van der Waals surface area contributed by atoms with Crippen molar-refractivity contribution in [2.45, 2.75) is 6.42 Å². The highest BCUT2D eigenvalue weighted by Gasteiger charge is 1.97. The Morgan fingerprint density at radius 1 is 1.19 bits per heavy atom. The van der Waals surface area contributed by atoms with Gasteiger partial charge in [-0.25, -0.2) is 0 Å². The van der Waals surface area contributed by atoms with E-state index in [0.717, 1.165) is 22.1 Å². The highest BCUT2D eigenvalue weighted by Crippen LogP contribution is 2.08. The summed E-state index contributed by atoms with van der Waals surface area (Å²) in [6.45, 7) is 1.25. The summed E-state index contributed by atoms with van der Waals surface area (Å²) in [7, 11) is 0. The zero-order valence-electron chi connectivity index (χ0n) is 9.00. The summed E-state index contributed by atoms with van der Waals surface area (Å²) in [4.78, 5) is 4.28. The number of aromatic nitrogens is 1. The normalized spacial score (nSPS) is 12.2. The first-order chi connectivity index (χ1) is 7.83. The maximum absolute atomic E-state index is 9.94. The van der Waals surface area contributed by atoms with Crippen LogP contribution in [0.25, 0.3) is 10.9 Å². The first-order valence-electron chi connectivity index (χ1n) is 5.33. The van der Waals surface area contributed by atoms with Crippen molar-refractivity contribution < 1.29 is 5.21 Å². The summed E-state index contributed by atoms with van der Waals surface area (Å²) < 4.78 is 1.12. The van der Waals surface area contributed by atoms with Crippen molar-refractivity contribution in [3.05, 3.63) is 41.9 Å². The number of nitrogens with zero attached hydrogens (tertiary/aromatic N) is 2. The van der Waals surface area contributed by atoms with E-state index < -0.39 is 0 Å². The Labute approximate surface area is 93.6 Å². The molecule has 0 bridgehead atoms. The molecule has 0 amide bonds. The first kappa shape index (κ1) is 10.7. The average molecular weight is 217 g/mol. The Bertz CT molecular complexity index is 545. The highest BCUT2D eigenvalue weighted by atomic mass is 16.5. The van der Waals surface area contributed by atoms with E-state index in [1.165, 1.54) is 0 Å². The lowest BCUT2D eigenvalue weighted by Crippen LogP contribution is -2.19. The Morgan fingerprint density at radius 3 is 2.81 bits per heavy atom. The van der Waals surface area contributed by atoms with E-state index in [2.05, 4.69) is 4.99 Å². The largest absolute Gasteiger partial charge is 0.426 e. The van der Waals surface area contributed by atoms with Gasteiger partial charge in [-0.3, -0.25) is 4.99 Å². The van der Waals surface area contributed by atoms with E-state index in [9.17, 15) is 5.21 Å². The highest BCUT2D eigenvalue weighted by molar-refractivity contribution is 5.78. The van der Waals surface area contributed by atoms with Gasteiger partial charge >= 0.3 is 0 Å². The Morgan fingerprint density at radius 2 is 2.00 bits per heavy atom. The van der Waals surface area contributed by atoms with Gasteiger partial charge in [-0.2, -0.15) is 4.73 Å². The van der Waals surface area contributed by atoms with Crippen LogP contribution in [0.3, 0.4) is 0 Å². The molecular weight excluding hydrogens is 202 g/mol. The molecule has 0 radical (unpaired) electrons. The molecule has 0 fully saturated rings. The molecule has 84 valence electrons. The molecule has 0 unspecified atom stereocenters. The number of fused-ring (bicyclic) bond motifs is 1. The fraction of sp³-hybridized carbons (Fsp3) is 0.250. The van der Waals surface area contributed by atoms with Crippen molar-refractivity contribution in [1.82, 2.24) is 4.73 Å². The molecule has 2 rings (SSSR count). The van der Waals surface area contributed by atoms with Gasteiger partial charge in [0.05, 0.1) is 5.52 Å². The summed E-state index contributed by atoms with van der Waals surface area (Å²) in [5.41, 5.74) is 6.71. The summed E-state index contributed by atoms with van der Waals surface area (Å²) in [6.07, 6.45) is 0.826. The number of benzene rings is 1. The van der Waals surface area contributed by atoms with Crippen LogP contribution in [0, 0.1) is 0 Å². The van der Waals surface area contributed by atoms with Gasteiger partial charge in [-0.1, -0.05) is 18.2 Å². The molecule has 3 N–H and O–H groups in total. The van der Waals surface area contributed by atoms with Crippen molar-refractivity contribution >= 4 is 10.9 Å². The number of hydrogen-bond acceptors (Lipinski definition) is 3. The third kappa shape index (κ3) is 2.06. The molecule has 0 spiro atoms. The average Bonchev–Trinajstić information content (AvgIpc) is 2.33. The lowest BCUT2D eigenvalue weighted by Gasteiger charge is -2.04. The number of rotatable bonds is 3. The zero-order chi connectivity index (χ0) is 11.4. The van der Waals surface area contributed by atoms with Gasteiger partial charge in [0.2, 0.25) is 0 Å². The van der Waals surface area contributed by atoms with Crippen LogP contribution in [0.5, 0.6) is 0 Å². The molecule has 4 nitrogen and oxygen atoms in total. The Hall–Kier alpha value is -1.81. The topological polar surface area (TPSA) is 63.5 Å². The van der Waals surface area contributed by atoms with E-state index in [-0.39, 0.29) is 0 Å². The maximum atomic E-state index is 9.94. The van der Waals surface area contributed by atoms with Gasteiger partial charge in [-0.05, 0) is 31.2 Å². The summed E-state index contributed by atoms with van der Waals surface area (Å²) in [5, 5.41) is 10.9. The van der Waals surface area contributed by atoms with Crippen LogP contribution >= 0.6 is 0 Å². The predicted molar refractivity (Wildman–Crippen MR) is 63.2 cm³/mol. The SMILES string of the molecule is NCCCN=c1ccc2ccccc2n1O. The monoisotopic (exact) mass is 217 g/mol. The van der Waals surface area contributed by atoms with Crippen LogP contribution < -0.4 is 11.2 Å². The Kier molecular flexibility index (Phi) is 3.22. The van der Waals surface area contributed by atoms with Gasteiger partial charge in [0, 0.05) is 11.9 Å². The lowest BCUT2D eigenvalue weighted by molar-refractivity contribution is 0.185. The fourth-order valence-corrected chi connectivity index (χ4v) is 1.58. The molecule has 0 saturated carbocycles. The first-order valence-corrected chi connectivity index (χ1v) is 5.33. The molecule has 2 aromatic rings. The predicted octanol–water partition coefficient (Wildman–Crippen LogP) is 1.13. The zero-order valence-corrected chi connectivity index (χ0v) is 9.00. The second kappa shape index (κ2) is 4.81. The minimum Gasteiger partial charge on any atom is -0.426 e. The molecule has 1 aromatic carbocycles. The van der Waals surface area contributed by atoms with Crippen molar-refractivity contribution in [2.75, 3.05) is 13.1 Å². The summed E-state index contributed by atoms with van der Waals surface area (Å²) >= 11 is 0. The van der Waals surface area contributed by atoms with E-state index in [1.807, 2.05) is 30.3 Å². The minimum atomic E-state index is 0.562. The molecular formula is C12H15N3O. The van der Waals surface area contributed by atoms with Crippen LogP contribution in [0.15, 0.2) is 41.4 Å². The minimum absolute atomic E-state index is 0.562. The quantitative estimate of drug-likeness (QED) is 0.598. The molecule has 0 aliphatic carbocycles.